The SMILES string of the molecule is Cc1ccc(-n2c(SCC(=O)N3CCN(c4ccccn4)CC3)nc3ccccc3c2=O)c(C)c1. The molecule has 0 spiro atoms. The molecule has 1 fully saturated rings. The summed E-state index contributed by atoms with van der Waals surface area (Å²) >= 11 is 1.32. The molecule has 2 aromatic heterocycles. The molecule has 178 valence electrons. The van der Waals surface area contributed by atoms with Gasteiger partial charge in [0, 0.05) is 32.4 Å². The highest BCUT2D eigenvalue weighted by atomic mass is 32.2. The van der Waals surface area contributed by atoms with E-state index in [0.717, 1.165) is 35.7 Å². The molecule has 35 heavy (non-hydrogen) atoms. The number of piperazine rings is 1. The average molecular weight is 486 g/mol. The summed E-state index contributed by atoms with van der Waals surface area (Å²) in [5.74, 6) is 1.20. The molecule has 0 atom stereocenters. The van der Waals surface area contributed by atoms with Crippen LogP contribution >= 0.6 is 11.8 Å². The van der Waals surface area contributed by atoms with Gasteiger partial charge in [0.2, 0.25) is 5.91 Å². The monoisotopic (exact) mass is 485 g/mol. The zero-order valence-electron chi connectivity index (χ0n) is 19.8. The van der Waals surface area contributed by atoms with E-state index in [2.05, 4.69) is 16.0 Å². The Hall–Kier alpha value is -3.65. The lowest BCUT2D eigenvalue weighted by Gasteiger charge is -2.35. The second-order valence-corrected chi connectivity index (χ2v) is 9.63. The van der Waals surface area contributed by atoms with Crippen molar-refractivity contribution in [1.29, 1.82) is 0 Å². The fourth-order valence-electron chi connectivity index (χ4n) is 4.42. The van der Waals surface area contributed by atoms with Gasteiger partial charge < -0.3 is 9.80 Å². The average Bonchev–Trinajstić information content (AvgIpc) is 2.89. The Morgan fingerprint density at radius 1 is 0.971 bits per heavy atom. The number of carbonyl (C=O) groups is 1. The number of thioether (sulfide) groups is 1. The molecule has 1 aliphatic rings. The van der Waals surface area contributed by atoms with Gasteiger partial charge in [-0.15, -0.1) is 0 Å². The molecule has 0 bridgehead atoms. The highest BCUT2D eigenvalue weighted by Gasteiger charge is 2.23. The number of para-hydroxylation sites is 1. The predicted octanol–water partition coefficient (Wildman–Crippen LogP) is 3.84. The van der Waals surface area contributed by atoms with Gasteiger partial charge in [-0.05, 0) is 49.7 Å². The number of rotatable bonds is 5. The highest BCUT2D eigenvalue weighted by Crippen LogP contribution is 2.24. The fourth-order valence-corrected chi connectivity index (χ4v) is 5.33. The summed E-state index contributed by atoms with van der Waals surface area (Å²) in [6, 6.07) is 19.2. The number of aromatic nitrogens is 3. The first-order valence-electron chi connectivity index (χ1n) is 11.7. The van der Waals surface area contributed by atoms with Gasteiger partial charge in [-0.2, -0.15) is 0 Å². The third kappa shape index (κ3) is 4.79. The number of nitrogens with zero attached hydrogens (tertiary/aromatic N) is 5. The minimum atomic E-state index is -0.124. The van der Waals surface area contributed by atoms with Crippen molar-refractivity contribution in [2.24, 2.45) is 0 Å². The molecule has 1 aliphatic heterocycles. The normalized spacial score (nSPS) is 13.9. The molecular weight excluding hydrogens is 458 g/mol. The van der Waals surface area contributed by atoms with E-state index < -0.39 is 0 Å². The van der Waals surface area contributed by atoms with Crippen LogP contribution in [0.4, 0.5) is 5.82 Å². The number of pyridine rings is 1. The van der Waals surface area contributed by atoms with Crippen molar-refractivity contribution >= 4 is 34.4 Å². The van der Waals surface area contributed by atoms with Crippen molar-refractivity contribution in [3.8, 4) is 5.69 Å². The lowest BCUT2D eigenvalue weighted by atomic mass is 10.1. The van der Waals surface area contributed by atoms with E-state index in [0.29, 0.717) is 29.1 Å². The van der Waals surface area contributed by atoms with E-state index in [1.165, 1.54) is 11.8 Å². The molecule has 0 aliphatic carbocycles. The maximum atomic E-state index is 13.5. The summed E-state index contributed by atoms with van der Waals surface area (Å²) in [6.07, 6.45) is 1.79. The molecule has 0 radical (unpaired) electrons. The molecule has 0 unspecified atom stereocenters. The van der Waals surface area contributed by atoms with Gasteiger partial charge >= 0.3 is 0 Å². The molecule has 4 aromatic rings. The van der Waals surface area contributed by atoms with Crippen molar-refractivity contribution in [3.63, 3.8) is 0 Å². The Balaban J connectivity index is 1.37. The Labute approximate surface area is 208 Å². The largest absolute Gasteiger partial charge is 0.353 e. The summed E-state index contributed by atoms with van der Waals surface area (Å²) in [7, 11) is 0. The number of amides is 1. The van der Waals surface area contributed by atoms with E-state index in [1.54, 1.807) is 16.8 Å². The minimum Gasteiger partial charge on any atom is -0.353 e. The number of fused-ring (bicyclic) bond motifs is 1. The number of hydrogen-bond donors (Lipinski definition) is 0. The Morgan fingerprint density at radius 2 is 1.74 bits per heavy atom. The summed E-state index contributed by atoms with van der Waals surface area (Å²) in [5, 5.41) is 1.09. The van der Waals surface area contributed by atoms with Crippen LogP contribution < -0.4 is 10.5 Å². The lowest BCUT2D eigenvalue weighted by Crippen LogP contribution is -2.49. The third-order valence-corrected chi connectivity index (χ3v) is 7.19. The number of anilines is 1. The second-order valence-electron chi connectivity index (χ2n) is 8.69. The van der Waals surface area contributed by atoms with E-state index in [9.17, 15) is 9.59 Å². The molecule has 0 N–H and O–H groups in total. The number of aryl methyl sites for hydroxylation is 2. The first kappa shape index (κ1) is 23.1. The van der Waals surface area contributed by atoms with Gasteiger partial charge in [0.15, 0.2) is 5.16 Å². The van der Waals surface area contributed by atoms with Gasteiger partial charge in [-0.25, -0.2) is 9.97 Å². The number of benzene rings is 2. The summed E-state index contributed by atoms with van der Waals surface area (Å²) in [6.45, 7) is 6.80. The third-order valence-electron chi connectivity index (χ3n) is 6.27. The second kappa shape index (κ2) is 9.92. The fraction of sp³-hybridized carbons (Fsp3) is 0.259. The Bertz CT molecular complexity index is 1430. The first-order valence-corrected chi connectivity index (χ1v) is 12.7. The molecule has 5 rings (SSSR count). The van der Waals surface area contributed by atoms with Gasteiger partial charge in [-0.3, -0.25) is 14.2 Å². The van der Waals surface area contributed by atoms with Crippen LogP contribution in [0.1, 0.15) is 11.1 Å². The highest BCUT2D eigenvalue weighted by molar-refractivity contribution is 7.99. The Morgan fingerprint density at radius 3 is 2.49 bits per heavy atom. The quantitative estimate of drug-likeness (QED) is 0.316. The van der Waals surface area contributed by atoms with Gasteiger partial charge in [0.25, 0.3) is 5.56 Å². The van der Waals surface area contributed by atoms with Crippen molar-refractivity contribution in [3.05, 3.63) is 88.3 Å². The van der Waals surface area contributed by atoms with E-state index in [4.69, 9.17) is 4.98 Å². The van der Waals surface area contributed by atoms with Crippen LogP contribution in [0.2, 0.25) is 0 Å². The van der Waals surface area contributed by atoms with Crippen LogP contribution in [0.3, 0.4) is 0 Å². The van der Waals surface area contributed by atoms with Crippen LogP contribution in [0, 0.1) is 13.8 Å². The van der Waals surface area contributed by atoms with Crippen LogP contribution in [-0.2, 0) is 4.79 Å². The zero-order chi connectivity index (χ0) is 24.4. The molecular formula is C27H27N5O2S. The van der Waals surface area contributed by atoms with Crippen molar-refractivity contribution < 1.29 is 4.79 Å². The molecule has 1 amide bonds. The minimum absolute atomic E-state index is 0.0465. The van der Waals surface area contributed by atoms with Crippen LogP contribution in [0.25, 0.3) is 16.6 Å². The maximum Gasteiger partial charge on any atom is 0.266 e. The standard InChI is InChI=1S/C27H27N5O2S/c1-19-10-11-23(20(2)17-19)32-26(34)21-7-3-4-8-22(21)29-27(32)35-18-25(33)31-15-13-30(14-16-31)24-9-5-6-12-28-24/h3-12,17H,13-16,18H2,1-2H3. The van der Waals surface area contributed by atoms with Crippen LogP contribution in [0.15, 0.2) is 76.8 Å². The molecule has 7 nitrogen and oxygen atoms in total. The summed E-state index contributed by atoms with van der Waals surface area (Å²) in [5.41, 5.74) is 3.42. The van der Waals surface area contributed by atoms with Crippen molar-refractivity contribution in [2.75, 3.05) is 36.8 Å². The van der Waals surface area contributed by atoms with Crippen molar-refractivity contribution in [1.82, 2.24) is 19.4 Å². The first-order chi connectivity index (χ1) is 17.0. The van der Waals surface area contributed by atoms with Crippen molar-refractivity contribution in [2.45, 2.75) is 19.0 Å². The van der Waals surface area contributed by atoms with E-state index >= 15 is 0 Å². The zero-order valence-corrected chi connectivity index (χ0v) is 20.7. The molecule has 3 heterocycles. The van der Waals surface area contributed by atoms with Gasteiger partial charge in [0.05, 0.1) is 22.3 Å². The van der Waals surface area contributed by atoms with E-state index in [1.807, 2.05) is 67.3 Å². The van der Waals surface area contributed by atoms with E-state index in [-0.39, 0.29) is 17.2 Å². The smallest absolute Gasteiger partial charge is 0.266 e. The number of carbonyl (C=O) groups excluding carboxylic acids is 1. The lowest BCUT2D eigenvalue weighted by molar-refractivity contribution is -0.128. The van der Waals surface area contributed by atoms with Crippen LogP contribution in [-0.4, -0.2) is 57.3 Å². The van der Waals surface area contributed by atoms with Gasteiger partial charge in [-0.1, -0.05) is 47.7 Å². The Kier molecular flexibility index (Phi) is 6.55. The van der Waals surface area contributed by atoms with Gasteiger partial charge in [0.1, 0.15) is 5.82 Å². The molecule has 8 heteroatoms. The topological polar surface area (TPSA) is 71.3 Å². The maximum absolute atomic E-state index is 13.5. The summed E-state index contributed by atoms with van der Waals surface area (Å²) < 4.78 is 1.65. The molecule has 2 aromatic carbocycles. The molecule has 1 saturated heterocycles. The summed E-state index contributed by atoms with van der Waals surface area (Å²) in [4.78, 5) is 39.9. The number of hydrogen-bond acceptors (Lipinski definition) is 6. The predicted molar refractivity (Wildman–Crippen MR) is 141 cm³/mol. The van der Waals surface area contributed by atoms with Crippen LogP contribution in [0.5, 0.6) is 0 Å². The molecule has 0 saturated carbocycles.